The van der Waals surface area contributed by atoms with Gasteiger partial charge in [0.15, 0.2) is 5.78 Å². The van der Waals surface area contributed by atoms with Crippen LogP contribution in [0.15, 0.2) is 60.0 Å². The van der Waals surface area contributed by atoms with Crippen molar-refractivity contribution < 1.29 is 72.5 Å². The van der Waals surface area contributed by atoms with Gasteiger partial charge in [0.05, 0.1) is 24.9 Å². The van der Waals surface area contributed by atoms with Crippen LogP contribution >= 0.6 is 0 Å². The Labute approximate surface area is 495 Å². The molecule has 22 nitrogen and oxygen atoms in total. The highest BCUT2D eigenvalue weighted by Crippen LogP contribution is 2.37. The predicted molar refractivity (Wildman–Crippen MR) is 313 cm³/mol. The van der Waals surface area contributed by atoms with E-state index in [4.69, 9.17) is 34.2 Å². The van der Waals surface area contributed by atoms with Crippen molar-refractivity contribution in [1.82, 2.24) is 25.1 Å². The lowest BCUT2D eigenvalue weighted by Gasteiger charge is -2.42. The smallest absolute Gasteiger partial charge is 0.407 e. The predicted octanol–water partition coefficient (Wildman–Crippen LogP) is 4.71. The topological polar surface area (TPSA) is 292 Å². The maximum Gasteiger partial charge on any atom is 0.407 e. The van der Waals surface area contributed by atoms with Gasteiger partial charge in [-0.3, -0.25) is 24.1 Å². The summed E-state index contributed by atoms with van der Waals surface area (Å²) >= 11 is 0. The molecule has 1 aromatic rings. The monoisotopic (exact) mass is 1180 g/mol. The van der Waals surface area contributed by atoms with Crippen LogP contribution < -0.4 is 16.0 Å². The first-order valence-electron chi connectivity index (χ1n) is 30.2. The molecule has 22 heteroatoms. The number of esters is 1. The van der Waals surface area contributed by atoms with Crippen LogP contribution in [0.2, 0.25) is 0 Å². The van der Waals surface area contributed by atoms with E-state index >= 15 is 0 Å². The molecule has 3 saturated heterocycles. The van der Waals surface area contributed by atoms with Crippen LogP contribution in [0.3, 0.4) is 0 Å². The van der Waals surface area contributed by atoms with Gasteiger partial charge in [0.1, 0.15) is 36.2 Å². The number of aliphatic hydroxyl groups excluding tert-OH is 2. The number of nitrogens with one attached hydrogen (secondary N) is 1. The lowest BCUT2D eigenvalue weighted by molar-refractivity contribution is -0.265. The maximum atomic E-state index is 14.6. The number of rotatable bonds is 12. The van der Waals surface area contributed by atoms with E-state index in [2.05, 4.69) is 25.1 Å². The molecule has 6 rings (SSSR count). The Morgan fingerprint density at radius 2 is 1.57 bits per heavy atom. The number of ether oxygens (including phenoxy) is 6. The number of cyclic esters (lactones) is 1. The van der Waals surface area contributed by atoms with E-state index in [1.807, 2.05) is 44.2 Å². The molecule has 0 aromatic carbocycles. The van der Waals surface area contributed by atoms with Crippen molar-refractivity contribution in [2.75, 3.05) is 72.1 Å². The van der Waals surface area contributed by atoms with Crippen LogP contribution in [0.5, 0.6) is 0 Å². The summed E-state index contributed by atoms with van der Waals surface area (Å²) in [5.74, 6) is -8.50. The molecule has 0 spiro atoms. The van der Waals surface area contributed by atoms with E-state index in [0.717, 1.165) is 43.2 Å². The van der Waals surface area contributed by atoms with E-state index in [-0.39, 0.29) is 56.2 Å². The minimum Gasteiger partial charge on any atom is -0.459 e. The van der Waals surface area contributed by atoms with Gasteiger partial charge < -0.3 is 64.6 Å². The molecule has 1 saturated carbocycles. The van der Waals surface area contributed by atoms with Gasteiger partial charge in [-0.1, -0.05) is 64.2 Å². The number of methoxy groups -OCH3 is 3. The van der Waals surface area contributed by atoms with Gasteiger partial charge in [-0.2, -0.15) is 0 Å². The fraction of sp³-hybridized carbons (Fsp3) is 0.710. The molecule has 0 radical (unpaired) electrons. The van der Waals surface area contributed by atoms with Crippen molar-refractivity contribution in [1.29, 1.82) is 0 Å². The lowest BCUT2D eigenvalue weighted by Crippen LogP contribution is -2.61. The number of nitrogens with two attached hydrogens (primary N) is 1. The number of hydrogen-bond donors (Lipinski definition) is 5. The molecule has 15 atom stereocenters. The maximum absolute atomic E-state index is 14.6. The molecule has 468 valence electrons. The first-order chi connectivity index (χ1) is 40.1. The zero-order valence-corrected chi connectivity index (χ0v) is 50.9. The highest BCUT2D eigenvalue weighted by atomic mass is 16.6. The molecule has 1 aliphatic carbocycles. The summed E-state index contributed by atoms with van der Waals surface area (Å²) in [6.45, 7) is 15.3. The molecule has 0 unspecified atom stereocenters. The zero-order valence-electron chi connectivity index (χ0n) is 50.9. The Morgan fingerprint density at radius 3 is 2.26 bits per heavy atom. The van der Waals surface area contributed by atoms with Crippen molar-refractivity contribution >= 4 is 41.3 Å². The fourth-order valence-electron chi connectivity index (χ4n) is 12.1. The molecule has 6 N–H and O–H groups in total. The number of amides is 2. The summed E-state index contributed by atoms with van der Waals surface area (Å²) in [5.41, 5.74) is 8.72. The highest BCUT2D eigenvalue weighted by molar-refractivity contribution is 6.39. The standard InChI is InChI=1S/C62H95N7O15/c1-38-15-11-10-12-16-39(2)51(80-8)33-46-20-18-43(6)62(78,84-46)57(74)58(75)69-22-14-13-17-48(69)59(76)82-52(34-49(70)40(3)30-42(5)55(72)56(73)54(71)41(4)29-38)47(63)31-44-19-21-50(53(32-44)81-9)83-61(77)66-37-45-35-64-60(65-36-45)68-25-23-67(24-26-68)27-28-79-7/h10-12,15-16,30,35-36,38,40-41,43-44,46-48,50-53,55-56,72-73,78H,13-14,17-29,31-34,37,63H2,1-9H3,(H,66,77)/b12-10+,15-11+,39-16+,42-30+/t38-,40-,41-,43-,44+,46+,47-,48+,50-,51+,52+,53-,55-,56+,62-/m1/s1. The number of alkyl carbamates (subject to hydrolysis) is 1. The van der Waals surface area contributed by atoms with Crippen LogP contribution in [-0.2, 0) is 58.9 Å². The van der Waals surface area contributed by atoms with Gasteiger partial charge in [0.25, 0.3) is 11.7 Å². The lowest BCUT2D eigenvalue weighted by atomic mass is 9.80. The van der Waals surface area contributed by atoms with Crippen LogP contribution in [0, 0.1) is 29.6 Å². The molecular formula is C62H95N7O15. The number of Topliss-reactive ketones (excluding diaryl/α,β-unsaturated/α-hetero) is 3. The van der Waals surface area contributed by atoms with Crippen LogP contribution in [-0.4, -0.2) is 198 Å². The molecule has 2 bridgehead atoms. The number of anilines is 1. The highest BCUT2D eigenvalue weighted by Gasteiger charge is 2.53. The third-order valence-corrected chi connectivity index (χ3v) is 17.6. The SMILES string of the molecule is COCCN1CCN(c2ncc(CNC(=O)O[C@@H]3CC[C@@H](C[C@@H](N)[C@@H]4CC(=O)[C@H](C)/C=C(\C)[C@@H](O)[C@@H](O)C(=O)[C@H](C)C[C@H](C)/C=C/C=C/C=C(\C)[C@@H](OC)C[C@@H]5CC[C@@H](C)[C@@](O)(O5)C(=O)C(=O)N5CCCC[C@H]5C(=O)O4)C[C@H]3OC)cn2)CC1. The van der Waals surface area contributed by atoms with Gasteiger partial charge in [0.2, 0.25) is 11.7 Å². The molecular weight excluding hydrogens is 1080 g/mol. The number of ketones is 3. The number of piperidine rings is 1. The summed E-state index contributed by atoms with van der Waals surface area (Å²) in [5, 5.41) is 37.2. The average molecular weight is 1180 g/mol. The van der Waals surface area contributed by atoms with E-state index in [1.165, 1.54) is 20.1 Å². The Hall–Kier alpha value is -5.30. The number of allylic oxidation sites excluding steroid dienone is 6. The minimum absolute atomic E-state index is 0.0135. The third kappa shape index (κ3) is 18.6. The second kappa shape index (κ2) is 32.4. The Balaban J connectivity index is 1.17. The van der Waals surface area contributed by atoms with Gasteiger partial charge in [-0.05, 0) is 101 Å². The largest absolute Gasteiger partial charge is 0.459 e. The van der Waals surface area contributed by atoms with Gasteiger partial charge in [0, 0.05) is 122 Å². The summed E-state index contributed by atoms with van der Waals surface area (Å²) < 4.78 is 35.2. The fourth-order valence-corrected chi connectivity index (χ4v) is 12.1. The summed E-state index contributed by atoms with van der Waals surface area (Å²) in [6, 6.07) is -2.21. The zero-order chi connectivity index (χ0) is 61.3. The molecule has 2 amide bonds. The van der Waals surface area contributed by atoms with Crippen molar-refractivity contribution in [2.24, 2.45) is 35.3 Å². The second-order valence-electron chi connectivity index (χ2n) is 24.0. The first-order valence-corrected chi connectivity index (χ1v) is 30.2. The van der Waals surface area contributed by atoms with E-state index in [1.54, 1.807) is 47.4 Å². The Kier molecular flexibility index (Phi) is 26.2. The summed E-state index contributed by atoms with van der Waals surface area (Å²) in [6.07, 6.45) is 10.5. The minimum atomic E-state index is -2.49. The molecule has 4 aliphatic heterocycles. The average Bonchev–Trinajstić information content (AvgIpc) is 3.30. The molecule has 5 aliphatic rings. The van der Waals surface area contributed by atoms with Gasteiger partial charge in [-0.25, -0.2) is 19.6 Å². The van der Waals surface area contributed by atoms with E-state index < -0.39 is 114 Å². The normalized spacial score (nSPS) is 35.2. The first kappa shape index (κ1) is 67.8. The number of piperazine rings is 1. The number of fused-ring (bicyclic) bond motifs is 3. The summed E-state index contributed by atoms with van der Waals surface area (Å²) in [7, 11) is 4.78. The van der Waals surface area contributed by atoms with Crippen LogP contribution in [0.25, 0.3) is 0 Å². The third-order valence-electron chi connectivity index (χ3n) is 17.6. The molecule has 84 heavy (non-hydrogen) atoms. The van der Waals surface area contributed by atoms with Gasteiger partial charge >= 0.3 is 12.1 Å². The number of carbonyl (C=O) groups is 6. The van der Waals surface area contributed by atoms with Gasteiger partial charge in [-0.15, -0.1) is 0 Å². The van der Waals surface area contributed by atoms with Crippen LogP contribution in [0.4, 0.5) is 10.7 Å². The Morgan fingerprint density at radius 1 is 0.845 bits per heavy atom. The quantitative estimate of drug-likeness (QED) is 0.108. The number of nitrogens with zero attached hydrogens (tertiary/aromatic N) is 5. The Bertz CT molecular complexity index is 2480. The number of aromatic nitrogens is 2. The molecule has 4 fully saturated rings. The molecule has 5 heterocycles. The van der Waals surface area contributed by atoms with E-state index in [0.29, 0.717) is 69.5 Å². The summed E-state index contributed by atoms with van der Waals surface area (Å²) in [4.78, 5) is 99.0. The second-order valence-corrected chi connectivity index (χ2v) is 24.0. The van der Waals surface area contributed by atoms with E-state index in [9.17, 15) is 44.1 Å². The van der Waals surface area contributed by atoms with Crippen molar-refractivity contribution in [3.8, 4) is 0 Å². The van der Waals surface area contributed by atoms with Crippen molar-refractivity contribution in [3.05, 3.63) is 65.6 Å². The van der Waals surface area contributed by atoms with Crippen LogP contribution in [0.1, 0.15) is 124 Å². The van der Waals surface area contributed by atoms with Crippen molar-refractivity contribution in [3.63, 3.8) is 0 Å². The molecule has 1 aromatic heterocycles. The number of aliphatic hydroxyl groups is 3. The number of hydrogen-bond acceptors (Lipinski definition) is 20. The van der Waals surface area contributed by atoms with Crippen molar-refractivity contribution in [2.45, 2.75) is 186 Å². The number of carbonyl (C=O) groups excluding carboxylic acids is 6.